The molecule has 3 nitrogen and oxygen atoms in total. The fraction of sp³-hybridized carbons (Fsp3) is 0.222. The minimum atomic E-state index is -2.98. The van der Waals surface area contributed by atoms with Gasteiger partial charge in [0.1, 0.15) is 9.84 Å². The summed E-state index contributed by atoms with van der Waals surface area (Å²) < 4.78 is 22.9. The molecule has 1 aliphatic rings. The van der Waals surface area contributed by atoms with E-state index in [-0.39, 0.29) is 5.75 Å². The molecule has 0 N–H and O–H groups in total. The fourth-order valence-electron chi connectivity index (χ4n) is 2.72. The fourth-order valence-corrected chi connectivity index (χ4v) is 3.42. The van der Waals surface area contributed by atoms with Gasteiger partial charge in [-0.05, 0) is 28.8 Å². The maximum absolute atomic E-state index is 11.4. The third-order valence-corrected chi connectivity index (χ3v) is 5.07. The highest BCUT2D eigenvalue weighted by Crippen LogP contribution is 2.32. The molecule has 2 aromatic carbocycles. The largest absolute Gasteiger partial charge is 0.371 e. The van der Waals surface area contributed by atoms with E-state index in [4.69, 9.17) is 11.6 Å². The summed E-state index contributed by atoms with van der Waals surface area (Å²) >= 11 is 5.98. The third-order valence-electron chi connectivity index (χ3n) is 3.90. The van der Waals surface area contributed by atoms with Gasteiger partial charge in [0.25, 0.3) is 0 Å². The van der Waals surface area contributed by atoms with Crippen LogP contribution in [0.3, 0.4) is 0 Å². The summed E-state index contributed by atoms with van der Waals surface area (Å²) in [5.74, 6) is 0.152. The van der Waals surface area contributed by atoms with Crippen molar-refractivity contribution >= 4 is 27.0 Å². The van der Waals surface area contributed by atoms with Gasteiger partial charge < -0.3 is 4.90 Å². The summed E-state index contributed by atoms with van der Waals surface area (Å²) in [5.41, 5.74) is 4.56. The number of nitrogens with zero attached hydrogens (tertiary/aromatic N) is 1. The van der Waals surface area contributed by atoms with Crippen molar-refractivity contribution in [2.75, 3.05) is 18.6 Å². The van der Waals surface area contributed by atoms with Crippen LogP contribution in [0.2, 0.25) is 5.02 Å². The summed E-state index contributed by atoms with van der Waals surface area (Å²) in [7, 11) is -2.98. The Bertz CT molecular complexity index is 842. The number of rotatable bonds is 4. The second kappa shape index (κ2) is 6.38. The molecule has 120 valence electrons. The summed E-state index contributed by atoms with van der Waals surface area (Å²) in [6, 6.07) is 15.9. The van der Waals surface area contributed by atoms with E-state index in [1.165, 1.54) is 17.4 Å². The first-order valence-electron chi connectivity index (χ1n) is 7.40. The molecule has 0 bridgehead atoms. The quantitative estimate of drug-likeness (QED) is 0.848. The van der Waals surface area contributed by atoms with Crippen molar-refractivity contribution in [1.29, 1.82) is 0 Å². The Balaban J connectivity index is 1.98. The molecule has 0 aromatic heterocycles. The predicted octanol–water partition coefficient (Wildman–Crippen LogP) is 3.59. The van der Waals surface area contributed by atoms with E-state index >= 15 is 0 Å². The van der Waals surface area contributed by atoms with Gasteiger partial charge in [-0.25, -0.2) is 8.42 Å². The minimum absolute atomic E-state index is 0.152. The van der Waals surface area contributed by atoms with Crippen LogP contribution < -0.4 is 0 Å². The summed E-state index contributed by atoms with van der Waals surface area (Å²) in [5, 5.41) is 0.701. The highest BCUT2D eigenvalue weighted by molar-refractivity contribution is 7.90. The molecule has 0 saturated heterocycles. The lowest BCUT2D eigenvalue weighted by Crippen LogP contribution is -2.27. The van der Waals surface area contributed by atoms with Crippen LogP contribution in [0.5, 0.6) is 0 Å². The second-order valence-corrected chi connectivity index (χ2v) is 8.50. The van der Waals surface area contributed by atoms with E-state index in [9.17, 15) is 8.42 Å². The highest BCUT2D eigenvalue weighted by Gasteiger charge is 2.19. The van der Waals surface area contributed by atoms with Crippen LogP contribution in [0.4, 0.5) is 0 Å². The van der Waals surface area contributed by atoms with Crippen molar-refractivity contribution in [1.82, 2.24) is 4.90 Å². The lowest BCUT2D eigenvalue weighted by molar-refractivity contribution is 0.386. The van der Waals surface area contributed by atoms with Crippen molar-refractivity contribution in [3.05, 3.63) is 76.4 Å². The topological polar surface area (TPSA) is 37.4 Å². The Morgan fingerprint density at radius 3 is 2.48 bits per heavy atom. The van der Waals surface area contributed by atoms with Gasteiger partial charge in [0.2, 0.25) is 0 Å². The molecule has 0 amide bonds. The van der Waals surface area contributed by atoms with Crippen molar-refractivity contribution < 1.29 is 8.42 Å². The number of halogens is 1. The molecule has 5 heteroatoms. The van der Waals surface area contributed by atoms with Crippen LogP contribution in [0.25, 0.3) is 5.57 Å². The van der Waals surface area contributed by atoms with E-state index in [1.54, 1.807) is 0 Å². The summed E-state index contributed by atoms with van der Waals surface area (Å²) in [6.07, 6.45) is 3.32. The molecular weight excluding hydrogens is 330 g/mol. The van der Waals surface area contributed by atoms with Crippen LogP contribution in [0.1, 0.15) is 16.7 Å². The Morgan fingerprint density at radius 1 is 1.09 bits per heavy atom. The molecule has 0 aliphatic carbocycles. The zero-order valence-electron chi connectivity index (χ0n) is 12.9. The van der Waals surface area contributed by atoms with Gasteiger partial charge in [0.05, 0.1) is 5.75 Å². The number of fused-ring (bicyclic) bond motifs is 1. The molecule has 2 aromatic rings. The van der Waals surface area contributed by atoms with Crippen molar-refractivity contribution in [3.8, 4) is 0 Å². The molecule has 3 rings (SSSR count). The van der Waals surface area contributed by atoms with Crippen LogP contribution in [0, 0.1) is 0 Å². The molecule has 0 fully saturated rings. The molecule has 23 heavy (non-hydrogen) atoms. The molecule has 0 spiro atoms. The molecule has 0 atom stereocenters. The maximum Gasteiger partial charge on any atom is 0.149 e. The monoisotopic (exact) mass is 347 g/mol. The lowest BCUT2D eigenvalue weighted by atomic mass is 9.92. The van der Waals surface area contributed by atoms with E-state index in [2.05, 4.69) is 23.2 Å². The average molecular weight is 348 g/mol. The van der Waals surface area contributed by atoms with Crippen LogP contribution in [0.15, 0.2) is 54.7 Å². The van der Waals surface area contributed by atoms with E-state index in [1.807, 2.05) is 36.4 Å². The number of benzene rings is 2. The molecule has 1 aliphatic heterocycles. The maximum atomic E-state index is 11.4. The minimum Gasteiger partial charge on any atom is -0.371 e. The number of hydrogen-bond acceptors (Lipinski definition) is 3. The van der Waals surface area contributed by atoms with Crippen molar-refractivity contribution in [2.45, 2.75) is 6.54 Å². The average Bonchev–Trinajstić information content (AvgIpc) is 2.52. The Labute approximate surface area is 142 Å². The molecule has 0 saturated carbocycles. The second-order valence-electron chi connectivity index (χ2n) is 5.81. The normalized spacial score (nSPS) is 14.3. The highest BCUT2D eigenvalue weighted by atomic mass is 35.5. The van der Waals surface area contributed by atoms with Gasteiger partial charge in [0.15, 0.2) is 0 Å². The Kier molecular flexibility index (Phi) is 4.46. The smallest absolute Gasteiger partial charge is 0.149 e. The predicted molar refractivity (Wildman–Crippen MR) is 95.1 cm³/mol. The number of sulfone groups is 1. The zero-order chi connectivity index (χ0) is 16.4. The molecule has 1 heterocycles. The first kappa shape index (κ1) is 16.1. The first-order chi connectivity index (χ1) is 10.9. The summed E-state index contributed by atoms with van der Waals surface area (Å²) in [4.78, 5) is 2.06. The van der Waals surface area contributed by atoms with Gasteiger partial charge in [0, 0.05) is 36.1 Å². The summed E-state index contributed by atoms with van der Waals surface area (Å²) in [6.45, 7) is 1.22. The van der Waals surface area contributed by atoms with Gasteiger partial charge >= 0.3 is 0 Å². The Morgan fingerprint density at radius 2 is 1.78 bits per heavy atom. The van der Waals surface area contributed by atoms with E-state index in [0.29, 0.717) is 11.6 Å². The molecule has 0 radical (unpaired) electrons. The van der Waals surface area contributed by atoms with Gasteiger partial charge in [-0.2, -0.15) is 0 Å². The third kappa shape index (κ3) is 3.95. The standard InChI is InChI=1S/C18H18ClNO2S/c1-23(21,22)11-10-20-12-15-4-2-3-5-17(15)18(13-20)14-6-8-16(19)9-7-14/h2-9,13H,10-12H2,1H3. The van der Waals surface area contributed by atoms with E-state index in [0.717, 1.165) is 17.7 Å². The Hall–Kier alpha value is -1.78. The van der Waals surface area contributed by atoms with Crippen molar-refractivity contribution in [3.63, 3.8) is 0 Å². The van der Waals surface area contributed by atoms with Crippen molar-refractivity contribution in [2.24, 2.45) is 0 Å². The molecule has 0 unspecified atom stereocenters. The lowest BCUT2D eigenvalue weighted by Gasteiger charge is -2.29. The molecular formula is C18H18ClNO2S. The first-order valence-corrected chi connectivity index (χ1v) is 9.84. The SMILES string of the molecule is CS(=O)(=O)CCN1C=C(c2ccc(Cl)cc2)c2ccccc2C1. The van der Waals surface area contributed by atoms with E-state index < -0.39 is 9.84 Å². The van der Waals surface area contributed by atoms with Gasteiger partial charge in [-0.3, -0.25) is 0 Å². The number of hydrogen-bond donors (Lipinski definition) is 0. The van der Waals surface area contributed by atoms with Crippen LogP contribution in [-0.4, -0.2) is 31.9 Å². The van der Waals surface area contributed by atoms with Crippen LogP contribution >= 0.6 is 11.6 Å². The zero-order valence-corrected chi connectivity index (χ0v) is 14.4. The van der Waals surface area contributed by atoms with Gasteiger partial charge in [-0.15, -0.1) is 0 Å². The van der Waals surface area contributed by atoms with Crippen LogP contribution in [-0.2, 0) is 16.4 Å². The van der Waals surface area contributed by atoms with Gasteiger partial charge in [-0.1, -0.05) is 48.0 Å².